The molecule has 0 unspecified atom stereocenters. The maximum absolute atomic E-state index is 12.9. The van der Waals surface area contributed by atoms with Gasteiger partial charge in [0.1, 0.15) is 17.2 Å². The number of ether oxygens (including phenoxy) is 1. The van der Waals surface area contributed by atoms with Crippen LogP contribution < -0.4 is 4.90 Å². The second-order valence-corrected chi connectivity index (χ2v) is 6.93. The molecule has 0 spiro atoms. The van der Waals surface area contributed by atoms with Gasteiger partial charge in [0, 0.05) is 44.3 Å². The fourth-order valence-electron chi connectivity index (χ4n) is 3.46. The quantitative estimate of drug-likeness (QED) is 0.632. The molecule has 8 nitrogen and oxygen atoms in total. The molecule has 29 heavy (non-hydrogen) atoms. The zero-order valence-corrected chi connectivity index (χ0v) is 16.5. The van der Waals surface area contributed by atoms with Gasteiger partial charge in [-0.15, -0.1) is 0 Å². The van der Waals surface area contributed by atoms with Crippen LogP contribution in [0.1, 0.15) is 33.5 Å². The van der Waals surface area contributed by atoms with E-state index >= 15 is 0 Å². The van der Waals surface area contributed by atoms with Crippen LogP contribution in [-0.4, -0.2) is 63.9 Å². The maximum atomic E-state index is 12.9. The first kappa shape index (κ1) is 18.9. The third-order valence-corrected chi connectivity index (χ3v) is 5.06. The van der Waals surface area contributed by atoms with Crippen molar-refractivity contribution in [1.82, 2.24) is 19.3 Å². The lowest BCUT2D eigenvalue weighted by Gasteiger charge is -2.35. The molecule has 0 aromatic carbocycles. The van der Waals surface area contributed by atoms with E-state index in [-0.39, 0.29) is 11.9 Å². The van der Waals surface area contributed by atoms with Gasteiger partial charge in [0.05, 0.1) is 12.2 Å². The van der Waals surface area contributed by atoms with E-state index in [9.17, 15) is 9.59 Å². The Morgan fingerprint density at radius 1 is 1.10 bits per heavy atom. The van der Waals surface area contributed by atoms with Gasteiger partial charge in [-0.25, -0.2) is 14.8 Å². The minimum absolute atomic E-state index is 0.0571. The minimum atomic E-state index is -0.371. The molecule has 1 aliphatic rings. The van der Waals surface area contributed by atoms with E-state index in [1.54, 1.807) is 19.2 Å². The predicted octanol–water partition coefficient (Wildman–Crippen LogP) is 2.18. The summed E-state index contributed by atoms with van der Waals surface area (Å²) in [6.45, 7) is 6.62. The molecule has 1 saturated heterocycles. The van der Waals surface area contributed by atoms with Crippen LogP contribution in [-0.2, 0) is 4.74 Å². The Morgan fingerprint density at radius 3 is 2.55 bits per heavy atom. The Bertz CT molecular complexity index is 1040. The molecule has 150 valence electrons. The summed E-state index contributed by atoms with van der Waals surface area (Å²) in [4.78, 5) is 37.4. The zero-order valence-electron chi connectivity index (χ0n) is 16.5. The minimum Gasteiger partial charge on any atom is -0.462 e. The number of carbonyl (C=O) groups excluding carboxylic acids is 2. The summed E-state index contributed by atoms with van der Waals surface area (Å²) in [5.41, 5.74) is 2.71. The lowest BCUT2D eigenvalue weighted by molar-refractivity contribution is 0.0525. The number of pyridine rings is 2. The van der Waals surface area contributed by atoms with Gasteiger partial charge >= 0.3 is 5.97 Å². The number of imidazole rings is 1. The molecule has 0 N–H and O–H groups in total. The Hall–Kier alpha value is -3.42. The van der Waals surface area contributed by atoms with Crippen molar-refractivity contribution in [2.45, 2.75) is 13.8 Å². The number of nitrogens with zero attached hydrogens (tertiary/aromatic N) is 5. The van der Waals surface area contributed by atoms with Crippen molar-refractivity contribution in [3.63, 3.8) is 0 Å². The van der Waals surface area contributed by atoms with E-state index in [1.807, 2.05) is 40.5 Å². The van der Waals surface area contributed by atoms with Crippen LogP contribution in [0.3, 0.4) is 0 Å². The Balaban J connectivity index is 1.40. The number of aromatic nitrogens is 3. The predicted molar refractivity (Wildman–Crippen MR) is 108 cm³/mol. The van der Waals surface area contributed by atoms with Crippen LogP contribution in [0.4, 0.5) is 5.82 Å². The molecule has 1 amide bonds. The third-order valence-electron chi connectivity index (χ3n) is 5.06. The summed E-state index contributed by atoms with van der Waals surface area (Å²) in [5.74, 6) is 0.358. The molecule has 1 aliphatic heterocycles. The normalized spacial score (nSPS) is 14.3. The number of hydrogen-bond donors (Lipinski definition) is 0. The van der Waals surface area contributed by atoms with Gasteiger partial charge in [-0.3, -0.25) is 4.79 Å². The molecule has 4 rings (SSSR count). The van der Waals surface area contributed by atoms with E-state index in [1.165, 1.54) is 6.20 Å². The largest absolute Gasteiger partial charge is 0.462 e. The molecule has 0 radical (unpaired) electrons. The molecular weight excluding hydrogens is 370 g/mol. The smallest absolute Gasteiger partial charge is 0.339 e. The molecule has 0 saturated carbocycles. The first-order valence-corrected chi connectivity index (χ1v) is 9.69. The summed E-state index contributed by atoms with van der Waals surface area (Å²) in [7, 11) is 0. The summed E-state index contributed by atoms with van der Waals surface area (Å²) >= 11 is 0. The lowest BCUT2D eigenvalue weighted by Crippen LogP contribution is -2.49. The highest BCUT2D eigenvalue weighted by atomic mass is 16.5. The van der Waals surface area contributed by atoms with Gasteiger partial charge in [-0.1, -0.05) is 6.07 Å². The molecule has 8 heteroatoms. The molecule has 0 aliphatic carbocycles. The molecule has 4 heterocycles. The van der Waals surface area contributed by atoms with Gasteiger partial charge in [-0.05, 0) is 38.1 Å². The van der Waals surface area contributed by atoms with Crippen molar-refractivity contribution in [3.05, 3.63) is 59.7 Å². The average molecular weight is 393 g/mol. The molecule has 1 fully saturated rings. The molecular formula is C21H23N5O3. The van der Waals surface area contributed by atoms with Gasteiger partial charge in [0.15, 0.2) is 0 Å². The van der Waals surface area contributed by atoms with Crippen molar-refractivity contribution in [1.29, 1.82) is 0 Å². The van der Waals surface area contributed by atoms with Crippen LogP contribution in [0.5, 0.6) is 0 Å². The van der Waals surface area contributed by atoms with E-state index in [4.69, 9.17) is 4.74 Å². The van der Waals surface area contributed by atoms with Crippen LogP contribution in [0.25, 0.3) is 5.65 Å². The standard InChI is InChI=1S/C21H23N5O3/c1-3-29-21(28)16-7-8-18(22-13-16)24-9-11-25(12-10-24)20(27)17-14-26-15(2)5-4-6-19(26)23-17/h4-8,13-14H,3,9-12H2,1-2H3. The Labute approximate surface area is 168 Å². The highest BCUT2D eigenvalue weighted by Gasteiger charge is 2.25. The summed E-state index contributed by atoms with van der Waals surface area (Å²) < 4.78 is 6.91. The average Bonchev–Trinajstić information content (AvgIpc) is 3.19. The molecule has 3 aromatic rings. The molecule has 0 atom stereocenters. The van der Waals surface area contributed by atoms with Crippen molar-refractivity contribution in [3.8, 4) is 0 Å². The highest BCUT2D eigenvalue weighted by Crippen LogP contribution is 2.17. The summed E-state index contributed by atoms with van der Waals surface area (Å²) in [6, 6.07) is 9.35. The summed E-state index contributed by atoms with van der Waals surface area (Å²) in [6.07, 6.45) is 3.33. The fourth-order valence-corrected chi connectivity index (χ4v) is 3.46. The van der Waals surface area contributed by atoms with E-state index < -0.39 is 0 Å². The first-order valence-electron chi connectivity index (χ1n) is 9.69. The number of anilines is 1. The van der Waals surface area contributed by atoms with Crippen molar-refractivity contribution in [2.24, 2.45) is 0 Å². The second kappa shape index (κ2) is 7.90. The second-order valence-electron chi connectivity index (χ2n) is 6.93. The number of fused-ring (bicyclic) bond motifs is 1. The Morgan fingerprint density at radius 2 is 1.90 bits per heavy atom. The van der Waals surface area contributed by atoms with Crippen molar-refractivity contribution in [2.75, 3.05) is 37.7 Å². The van der Waals surface area contributed by atoms with Crippen LogP contribution >= 0.6 is 0 Å². The monoisotopic (exact) mass is 393 g/mol. The molecule has 3 aromatic heterocycles. The van der Waals surface area contributed by atoms with Gasteiger partial charge in [0.25, 0.3) is 5.91 Å². The zero-order chi connectivity index (χ0) is 20.4. The topological polar surface area (TPSA) is 80.0 Å². The maximum Gasteiger partial charge on any atom is 0.339 e. The number of amides is 1. The van der Waals surface area contributed by atoms with E-state index in [0.717, 1.165) is 17.2 Å². The van der Waals surface area contributed by atoms with Gasteiger partial charge < -0.3 is 18.9 Å². The number of piperazine rings is 1. The fraction of sp³-hybridized carbons (Fsp3) is 0.333. The highest BCUT2D eigenvalue weighted by molar-refractivity contribution is 5.93. The number of aryl methyl sites for hydroxylation is 1. The molecule has 0 bridgehead atoms. The van der Waals surface area contributed by atoms with Gasteiger partial charge in [-0.2, -0.15) is 0 Å². The van der Waals surface area contributed by atoms with Crippen LogP contribution in [0.15, 0.2) is 42.7 Å². The van der Waals surface area contributed by atoms with Gasteiger partial charge in [0.2, 0.25) is 0 Å². The number of esters is 1. The van der Waals surface area contributed by atoms with E-state index in [0.29, 0.717) is 44.0 Å². The number of hydrogen-bond acceptors (Lipinski definition) is 6. The first-order chi connectivity index (χ1) is 14.1. The van der Waals surface area contributed by atoms with Crippen LogP contribution in [0.2, 0.25) is 0 Å². The SMILES string of the molecule is CCOC(=O)c1ccc(N2CCN(C(=O)c3cn4c(C)cccc4n3)CC2)nc1. The van der Waals surface area contributed by atoms with Crippen LogP contribution in [0, 0.1) is 6.92 Å². The van der Waals surface area contributed by atoms with Crippen molar-refractivity contribution < 1.29 is 14.3 Å². The Kier molecular flexibility index (Phi) is 5.16. The lowest BCUT2D eigenvalue weighted by atomic mass is 10.2. The summed E-state index contributed by atoms with van der Waals surface area (Å²) in [5, 5.41) is 0. The third kappa shape index (κ3) is 3.78. The van der Waals surface area contributed by atoms with E-state index in [2.05, 4.69) is 14.9 Å². The number of carbonyl (C=O) groups is 2. The van der Waals surface area contributed by atoms with Crippen molar-refractivity contribution >= 4 is 23.3 Å². The number of rotatable bonds is 4.